The second kappa shape index (κ2) is 4.34. The lowest BCUT2D eigenvalue weighted by molar-refractivity contribution is 0.319. The third-order valence-electron chi connectivity index (χ3n) is 4.33. The monoisotopic (exact) mass is 230 g/mol. The van der Waals surface area contributed by atoms with Crippen molar-refractivity contribution in [3.8, 4) is 0 Å². The number of rotatable bonds is 3. The average molecular weight is 230 g/mol. The molecule has 1 unspecified atom stereocenters. The third kappa shape index (κ3) is 2.06. The fourth-order valence-electron chi connectivity index (χ4n) is 2.92. The van der Waals surface area contributed by atoms with Gasteiger partial charge in [0.05, 0.1) is 0 Å². The minimum absolute atomic E-state index is 0.145. The molecule has 2 aliphatic rings. The Kier molecular flexibility index (Phi) is 2.83. The van der Waals surface area contributed by atoms with E-state index < -0.39 is 0 Å². The first-order valence-electron chi connectivity index (χ1n) is 6.87. The summed E-state index contributed by atoms with van der Waals surface area (Å²) in [5.41, 5.74) is 10.2. The van der Waals surface area contributed by atoms with E-state index in [9.17, 15) is 0 Å². The fourth-order valence-corrected chi connectivity index (χ4v) is 2.92. The van der Waals surface area contributed by atoms with Crippen LogP contribution in [-0.2, 0) is 6.42 Å². The van der Waals surface area contributed by atoms with Gasteiger partial charge in [-0.1, -0.05) is 18.6 Å². The van der Waals surface area contributed by atoms with Crippen LogP contribution in [0, 0.1) is 5.92 Å². The van der Waals surface area contributed by atoms with Crippen LogP contribution < -0.4 is 10.6 Å². The molecule has 1 aromatic rings. The minimum Gasteiger partial charge on any atom is -0.371 e. The molecule has 2 heteroatoms. The van der Waals surface area contributed by atoms with Crippen molar-refractivity contribution in [1.82, 2.24) is 0 Å². The molecule has 2 nitrogen and oxygen atoms in total. The Morgan fingerprint density at radius 1 is 1.41 bits per heavy atom. The van der Waals surface area contributed by atoms with Crippen LogP contribution in [-0.4, -0.2) is 13.1 Å². The van der Waals surface area contributed by atoms with Crippen molar-refractivity contribution in [2.45, 2.75) is 38.6 Å². The third-order valence-corrected chi connectivity index (χ3v) is 4.33. The van der Waals surface area contributed by atoms with Gasteiger partial charge < -0.3 is 10.6 Å². The fraction of sp³-hybridized carbons (Fsp3) is 0.600. The molecule has 2 N–H and O–H groups in total. The van der Waals surface area contributed by atoms with Crippen molar-refractivity contribution in [3.05, 3.63) is 29.3 Å². The molecule has 1 fully saturated rings. The van der Waals surface area contributed by atoms with E-state index in [1.165, 1.54) is 55.6 Å². The average Bonchev–Trinajstić information content (AvgIpc) is 2.65. The summed E-state index contributed by atoms with van der Waals surface area (Å²) >= 11 is 0. The number of hydrogen-bond donors (Lipinski definition) is 1. The molecule has 92 valence electrons. The SMILES string of the molecule is CC(N)c1ccc2c(c1)N(CC1CCC1)CC2. The lowest BCUT2D eigenvalue weighted by atomic mass is 9.85. The van der Waals surface area contributed by atoms with Crippen LogP contribution >= 0.6 is 0 Å². The van der Waals surface area contributed by atoms with Gasteiger partial charge in [-0.25, -0.2) is 0 Å². The normalized spacial score (nSPS) is 21.2. The molecule has 0 saturated heterocycles. The highest BCUT2D eigenvalue weighted by Crippen LogP contribution is 2.34. The van der Waals surface area contributed by atoms with E-state index in [-0.39, 0.29) is 6.04 Å². The van der Waals surface area contributed by atoms with Gasteiger partial charge in [0.1, 0.15) is 0 Å². The molecule has 0 spiro atoms. The van der Waals surface area contributed by atoms with Gasteiger partial charge in [0.2, 0.25) is 0 Å². The van der Waals surface area contributed by atoms with Crippen LogP contribution in [0.1, 0.15) is 43.4 Å². The summed E-state index contributed by atoms with van der Waals surface area (Å²) in [7, 11) is 0. The van der Waals surface area contributed by atoms with Crippen molar-refractivity contribution in [1.29, 1.82) is 0 Å². The molecule has 17 heavy (non-hydrogen) atoms. The lowest BCUT2D eigenvalue weighted by Gasteiger charge is -2.31. The Bertz CT molecular complexity index is 407. The van der Waals surface area contributed by atoms with Gasteiger partial charge in [-0.2, -0.15) is 0 Å². The maximum absolute atomic E-state index is 5.97. The first-order valence-corrected chi connectivity index (χ1v) is 6.87. The standard InChI is InChI=1S/C15H22N2/c1-11(16)14-6-5-13-7-8-17(15(13)9-14)10-12-3-2-4-12/h5-6,9,11-12H,2-4,7-8,10,16H2,1H3. The molecular weight excluding hydrogens is 208 g/mol. The van der Waals surface area contributed by atoms with Gasteiger partial charge in [-0.15, -0.1) is 0 Å². The maximum atomic E-state index is 5.97. The van der Waals surface area contributed by atoms with Crippen LogP contribution in [0.15, 0.2) is 18.2 Å². The zero-order valence-corrected chi connectivity index (χ0v) is 10.7. The van der Waals surface area contributed by atoms with Crippen molar-refractivity contribution in [3.63, 3.8) is 0 Å². The van der Waals surface area contributed by atoms with Crippen LogP contribution in [0.5, 0.6) is 0 Å². The van der Waals surface area contributed by atoms with Crippen molar-refractivity contribution < 1.29 is 0 Å². The van der Waals surface area contributed by atoms with Gasteiger partial charge in [0.25, 0.3) is 0 Å². The van der Waals surface area contributed by atoms with Crippen LogP contribution in [0.4, 0.5) is 5.69 Å². The Hall–Kier alpha value is -1.02. The van der Waals surface area contributed by atoms with Gasteiger partial charge in [-0.3, -0.25) is 0 Å². The second-order valence-corrected chi connectivity index (χ2v) is 5.67. The Labute approximate surface area is 104 Å². The molecule has 0 amide bonds. The molecule has 1 aromatic carbocycles. The molecule has 1 aliphatic heterocycles. The molecule has 0 bridgehead atoms. The second-order valence-electron chi connectivity index (χ2n) is 5.67. The maximum Gasteiger partial charge on any atom is 0.0402 e. The predicted octanol–water partition coefficient (Wildman–Crippen LogP) is 2.87. The molecule has 0 radical (unpaired) electrons. The van der Waals surface area contributed by atoms with Gasteiger partial charge in [0.15, 0.2) is 0 Å². The van der Waals surface area contributed by atoms with Crippen molar-refractivity contribution in [2.75, 3.05) is 18.0 Å². The zero-order chi connectivity index (χ0) is 11.8. The molecule has 1 saturated carbocycles. The number of anilines is 1. The number of fused-ring (bicyclic) bond motifs is 1. The highest BCUT2D eigenvalue weighted by Gasteiger charge is 2.25. The summed E-state index contributed by atoms with van der Waals surface area (Å²) in [4.78, 5) is 2.57. The smallest absolute Gasteiger partial charge is 0.0402 e. The summed E-state index contributed by atoms with van der Waals surface area (Å²) in [6.45, 7) is 4.52. The first kappa shape index (κ1) is 11.1. The largest absolute Gasteiger partial charge is 0.371 e. The van der Waals surface area contributed by atoms with Crippen LogP contribution in [0.3, 0.4) is 0 Å². The topological polar surface area (TPSA) is 29.3 Å². The van der Waals surface area contributed by atoms with E-state index in [4.69, 9.17) is 5.73 Å². The predicted molar refractivity (Wildman–Crippen MR) is 72.3 cm³/mol. The van der Waals surface area contributed by atoms with E-state index >= 15 is 0 Å². The first-order chi connectivity index (χ1) is 8.24. The number of benzene rings is 1. The highest BCUT2D eigenvalue weighted by atomic mass is 15.1. The molecule has 0 aromatic heterocycles. The van der Waals surface area contributed by atoms with Crippen LogP contribution in [0.2, 0.25) is 0 Å². The van der Waals surface area contributed by atoms with Gasteiger partial charge >= 0.3 is 0 Å². The molecular formula is C15H22N2. The summed E-state index contributed by atoms with van der Waals surface area (Å²) < 4.78 is 0. The Morgan fingerprint density at radius 2 is 2.24 bits per heavy atom. The van der Waals surface area contributed by atoms with Crippen LogP contribution in [0.25, 0.3) is 0 Å². The Morgan fingerprint density at radius 3 is 2.88 bits per heavy atom. The van der Waals surface area contributed by atoms with E-state index in [0.29, 0.717) is 0 Å². The molecule has 1 aliphatic carbocycles. The van der Waals surface area contributed by atoms with E-state index in [1.54, 1.807) is 0 Å². The van der Waals surface area contributed by atoms with Crippen molar-refractivity contribution >= 4 is 5.69 Å². The van der Waals surface area contributed by atoms with Gasteiger partial charge in [0, 0.05) is 24.8 Å². The lowest BCUT2D eigenvalue weighted by Crippen LogP contribution is -2.31. The van der Waals surface area contributed by atoms with E-state index in [2.05, 4.69) is 30.0 Å². The summed E-state index contributed by atoms with van der Waals surface area (Å²) in [6, 6.07) is 6.92. The van der Waals surface area contributed by atoms with Crippen molar-refractivity contribution in [2.24, 2.45) is 11.7 Å². The number of hydrogen-bond acceptors (Lipinski definition) is 2. The summed E-state index contributed by atoms with van der Waals surface area (Å²) in [5, 5.41) is 0. The highest BCUT2D eigenvalue weighted by molar-refractivity contribution is 5.60. The molecule has 1 heterocycles. The number of nitrogens with two attached hydrogens (primary N) is 1. The summed E-state index contributed by atoms with van der Waals surface area (Å²) in [5.74, 6) is 0.944. The Balaban J connectivity index is 1.81. The zero-order valence-electron chi connectivity index (χ0n) is 10.7. The summed E-state index contributed by atoms with van der Waals surface area (Å²) in [6.07, 6.45) is 5.50. The molecule has 1 atom stereocenters. The van der Waals surface area contributed by atoms with E-state index in [0.717, 1.165) is 5.92 Å². The van der Waals surface area contributed by atoms with Gasteiger partial charge in [-0.05, 0) is 49.3 Å². The number of nitrogens with zero attached hydrogens (tertiary/aromatic N) is 1. The minimum atomic E-state index is 0.145. The molecule has 3 rings (SSSR count). The van der Waals surface area contributed by atoms with E-state index in [1.807, 2.05) is 0 Å². The quantitative estimate of drug-likeness (QED) is 0.865.